The first-order valence-electron chi connectivity index (χ1n) is 10.5. The van der Waals surface area contributed by atoms with Crippen molar-refractivity contribution < 1.29 is 4.74 Å². The van der Waals surface area contributed by atoms with Crippen molar-refractivity contribution in [2.45, 2.75) is 64.6 Å². The fourth-order valence-corrected chi connectivity index (χ4v) is 4.89. The normalized spacial score (nSPS) is 19.3. The van der Waals surface area contributed by atoms with E-state index in [9.17, 15) is 4.79 Å². The second-order valence-electron chi connectivity index (χ2n) is 9.86. The molecule has 160 valence electrons. The van der Waals surface area contributed by atoms with Crippen LogP contribution in [0.1, 0.15) is 46.2 Å². The third-order valence-corrected chi connectivity index (χ3v) is 6.72. The fraction of sp³-hybridized carbons (Fsp3) is 0.500. The highest BCUT2D eigenvalue weighted by Gasteiger charge is 2.44. The molecule has 0 aromatic carbocycles. The lowest BCUT2D eigenvalue weighted by Gasteiger charge is -2.53. The molecule has 6 heteroatoms. The number of aromatic nitrogens is 3. The third-order valence-electron chi connectivity index (χ3n) is 6.72. The maximum Gasteiger partial charge on any atom is 0.250 e. The first-order valence-corrected chi connectivity index (χ1v) is 10.5. The van der Waals surface area contributed by atoms with Crippen molar-refractivity contribution in [1.29, 1.82) is 0 Å². The molecule has 1 aliphatic heterocycles. The number of aryl methyl sites for hydroxylation is 2. The van der Waals surface area contributed by atoms with E-state index in [1.54, 1.807) is 17.7 Å². The Hall–Kier alpha value is -2.60. The summed E-state index contributed by atoms with van der Waals surface area (Å²) in [6.07, 6.45) is 3.97. The zero-order chi connectivity index (χ0) is 21.8. The number of hydrogen-bond donors (Lipinski definition) is 1. The molecule has 0 unspecified atom stereocenters. The fourth-order valence-electron chi connectivity index (χ4n) is 4.89. The summed E-state index contributed by atoms with van der Waals surface area (Å²) in [5, 5.41) is 0. The van der Waals surface area contributed by atoms with Crippen molar-refractivity contribution in [1.82, 2.24) is 19.4 Å². The maximum absolute atomic E-state index is 12.2. The molecule has 0 aliphatic carbocycles. The van der Waals surface area contributed by atoms with Crippen LogP contribution in [0.3, 0.4) is 0 Å². The Morgan fingerprint density at radius 2 is 1.77 bits per heavy atom. The van der Waals surface area contributed by atoms with Gasteiger partial charge >= 0.3 is 0 Å². The van der Waals surface area contributed by atoms with Gasteiger partial charge in [-0.3, -0.25) is 14.7 Å². The molecule has 0 atom stereocenters. The molecule has 3 aromatic heterocycles. The van der Waals surface area contributed by atoms with Gasteiger partial charge in [-0.15, -0.1) is 0 Å². The second kappa shape index (κ2) is 6.98. The van der Waals surface area contributed by atoms with Crippen LogP contribution < -0.4 is 10.3 Å². The summed E-state index contributed by atoms with van der Waals surface area (Å²) in [5.41, 5.74) is 4.46. The van der Waals surface area contributed by atoms with E-state index in [4.69, 9.17) is 9.72 Å². The summed E-state index contributed by atoms with van der Waals surface area (Å²) in [7, 11) is 3.99. The summed E-state index contributed by atoms with van der Waals surface area (Å²) < 4.78 is 8.18. The lowest BCUT2D eigenvalue weighted by atomic mass is 9.79. The number of rotatable bonds is 3. The number of pyridine rings is 2. The van der Waals surface area contributed by atoms with Crippen molar-refractivity contribution in [3.63, 3.8) is 0 Å². The zero-order valence-corrected chi connectivity index (χ0v) is 19.0. The average Bonchev–Trinajstić information content (AvgIpc) is 3.06. The van der Waals surface area contributed by atoms with E-state index in [2.05, 4.69) is 44.6 Å². The van der Waals surface area contributed by atoms with Crippen LogP contribution in [0, 0.1) is 6.92 Å². The van der Waals surface area contributed by atoms with Gasteiger partial charge in [-0.2, -0.15) is 0 Å². The van der Waals surface area contributed by atoms with Gasteiger partial charge in [0.15, 0.2) is 0 Å². The highest BCUT2D eigenvalue weighted by atomic mass is 16.5. The van der Waals surface area contributed by atoms with Crippen LogP contribution in [0.4, 0.5) is 0 Å². The Kier molecular flexibility index (Phi) is 4.81. The van der Waals surface area contributed by atoms with Gasteiger partial charge in [-0.25, -0.2) is 0 Å². The first kappa shape index (κ1) is 20.7. The minimum absolute atomic E-state index is 0.0386. The lowest BCUT2D eigenvalue weighted by molar-refractivity contribution is -0.0556. The first-order chi connectivity index (χ1) is 14.0. The Morgan fingerprint density at radius 1 is 1.10 bits per heavy atom. The van der Waals surface area contributed by atoms with Crippen molar-refractivity contribution >= 4 is 11.0 Å². The number of piperidine rings is 1. The van der Waals surface area contributed by atoms with Crippen LogP contribution in [-0.4, -0.2) is 43.7 Å². The standard InChI is InChI=1S/C24H32N4O2/c1-15-10-16(30-17-12-23(2,3)28(7)24(4,5)13-17)11-20(26-15)18-14-25-19-8-9-21(29)27(6)22(18)19/h8-11,14,17,25H,12-13H2,1-7H3. The van der Waals surface area contributed by atoms with Gasteiger partial charge in [0.2, 0.25) is 0 Å². The van der Waals surface area contributed by atoms with Gasteiger partial charge in [0, 0.05) is 66.6 Å². The molecular formula is C24H32N4O2. The smallest absolute Gasteiger partial charge is 0.250 e. The zero-order valence-electron chi connectivity index (χ0n) is 19.0. The Bertz CT molecular complexity index is 1140. The number of nitrogens with zero attached hydrogens (tertiary/aromatic N) is 3. The molecule has 1 saturated heterocycles. The number of fused-ring (bicyclic) bond motifs is 1. The molecule has 0 saturated carbocycles. The lowest BCUT2D eigenvalue weighted by Crippen LogP contribution is -2.60. The number of aromatic amines is 1. The molecule has 0 bridgehead atoms. The van der Waals surface area contributed by atoms with E-state index in [0.717, 1.165) is 46.6 Å². The Labute approximate surface area is 177 Å². The summed E-state index contributed by atoms with van der Waals surface area (Å²) >= 11 is 0. The summed E-state index contributed by atoms with van der Waals surface area (Å²) in [6, 6.07) is 7.38. The molecular weight excluding hydrogens is 376 g/mol. The van der Waals surface area contributed by atoms with Crippen LogP contribution in [-0.2, 0) is 7.05 Å². The van der Waals surface area contributed by atoms with Crippen LogP contribution in [0.5, 0.6) is 5.75 Å². The van der Waals surface area contributed by atoms with E-state index in [1.807, 2.05) is 31.3 Å². The van der Waals surface area contributed by atoms with Crippen molar-refractivity contribution in [3.8, 4) is 17.0 Å². The van der Waals surface area contributed by atoms with Gasteiger partial charge in [0.25, 0.3) is 5.56 Å². The molecule has 1 fully saturated rings. The molecule has 4 rings (SSSR count). The molecule has 4 heterocycles. The topological polar surface area (TPSA) is 63.1 Å². The number of hydrogen-bond acceptors (Lipinski definition) is 4. The van der Waals surface area contributed by atoms with Gasteiger partial charge in [0.05, 0.1) is 16.7 Å². The van der Waals surface area contributed by atoms with Crippen molar-refractivity contribution in [2.24, 2.45) is 7.05 Å². The van der Waals surface area contributed by atoms with E-state index in [0.29, 0.717) is 0 Å². The summed E-state index contributed by atoms with van der Waals surface area (Å²) in [4.78, 5) is 22.6. The number of H-pyrrole nitrogens is 1. The third kappa shape index (κ3) is 3.54. The van der Waals surface area contributed by atoms with Gasteiger partial charge in [-0.05, 0) is 47.7 Å². The summed E-state index contributed by atoms with van der Waals surface area (Å²) in [6.45, 7) is 11.1. The minimum atomic E-state index is -0.0386. The van der Waals surface area contributed by atoms with E-state index < -0.39 is 0 Å². The van der Waals surface area contributed by atoms with Crippen LogP contribution in [0.25, 0.3) is 22.3 Å². The Balaban J connectivity index is 1.70. The second-order valence-corrected chi connectivity index (χ2v) is 9.86. The maximum atomic E-state index is 12.2. The molecule has 1 aliphatic rings. The van der Waals surface area contributed by atoms with E-state index in [1.165, 1.54) is 0 Å². The van der Waals surface area contributed by atoms with Gasteiger partial charge in [-0.1, -0.05) is 0 Å². The largest absolute Gasteiger partial charge is 0.490 e. The number of likely N-dealkylation sites (tertiary alicyclic amines) is 1. The molecule has 0 radical (unpaired) electrons. The molecule has 6 nitrogen and oxygen atoms in total. The van der Waals surface area contributed by atoms with E-state index in [-0.39, 0.29) is 22.7 Å². The van der Waals surface area contributed by atoms with Crippen molar-refractivity contribution in [3.05, 3.63) is 46.5 Å². The number of ether oxygens (including phenoxy) is 1. The predicted molar refractivity (Wildman–Crippen MR) is 121 cm³/mol. The number of nitrogens with one attached hydrogen (secondary N) is 1. The molecule has 0 amide bonds. The average molecular weight is 409 g/mol. The predicted octanol–water partition coefficient (Wildman–Crippen LogP) is 4.27. The van der Waals surface area contributed by atoms with E-state index >= 15 is 0 Å². The monoisotopic (exact) mass is 408 g/mol. The van der Waals surface area contributed by atoms with Crippen molar-refractivity contribution in [2.75, 3.05) is 7.05 Å². The molecule has 30 heavy (non-hydrogen) atoms. The minimum Gasteiger partial charge on any atom is -0.490 e. The molecule has 3 aromatic rings. The highest BCUT2D eigenvalue weighted by Crippen LogP contribution is 2.39. The summed E-state index contributed by atoms with van der Waals surface area (Å²) in [5.74, 6) is 0.828. The van der Waals surface area contributed by atoms with Crippen LogP contribution >= 0.6 is 0 Å². The van der Waals surface area contributed by atoms with Gasteiger partial charge < -0.3 is 14.3 Å². The molecule has 0 spiro atoms. The van der Waals surface area contributed by atoms with Gasteiger partial charge in [0.1, 0.15) is 11.9 Å². The molecule has 1 N–H and O–H groups in total. The highest BCUT2D eigenvalue weighted by molar-refractivity contribution is 5.91. The van der Waals surface area contributed by atoms with Crippen LogP contribution in [0.15, 0.2) is 35.3 Å². The van der Waals surface area contributed by atoms with Crippen LogP contribution in [0.2, 0.25) is 0 Å². The Morgan fingerprint density at radius 3 is 2.43 bits per heavy atom. The quantitative estimate of drug-likeness (QED) is 0.703. The SMILES string of the molecule is Cc1cc(OC2CC(C)(C)N(C)C(C)(C)C2)cc(-c2c[nH]c3ccc(=O)n(C)c23)n1.